The topological polar surface area (TPSA) is 45.2 Å². The van der Waals surface area contributed by atoms with E-state index < -0.39 is 0 Å². The zero-order valence-corrected chi connectivity index (χ0v) is 13.5. The van der Waals surface area contributed by atoms with Crippen LogP contribution in [0.25, 0.3) is 0 Å². The largest absolute Gasteiger partial charge is 0.328 e. The third kappa shape index (κ3) is 3.55. The maximum Gasteiger partial charge on any atom is 0.273 e. The van der Waals surface area contributed by atoms with Gasteiger partial charge in [-0.3, -0.25) is 4.79 Å². The number of nitrogens with zero attached hydrogens (tertiary/aromatic N) is 2. The Kier molecular flexibility index (Phi) is 5.58. The second-order valence-corrected chi connectivity index (χ2v) is 5.80. The number of amides is 1. The number of thiazole rings is 1. The lowest BCUT2D eigenvalue weighted by atomic mass is 10.0. The van der Waals surface area contributed by atoms with E-state index in [1.54, 1.807) is 10.9 Å². The van der Waals surface area contributed by atoms with Gasteiger partial charge in [0.2, 0.25) is 0 Å². The molecule has 1 aliphatic rings. The molecule has 0 aliphatic carbocycles. The predicted molar refractivity (Wildman–Crippen MR) is 87.5 cm³/mol. The molecule has 4 nitrogen and oxygen atoms in total. The number of halogens is 2. The van der Waals surface area contributed by atoms with Gasteiger partial charge in [-0.05, 0) is 17.7 Å². The minimum atomic E-state index is -0.0160. The molecule has 1 atom stereocenters. The van der Waals surface area contributed by atoms with Crippen molar-refractivity contribution in [1.29, 1.82) is 0 Å². The molecule has 1 aliphatic heterocycles. The number of benzene rings is 1. The van der Waals surface area contributed by atoms with Crippen molar-refractivity contribution in [2.45, 2.75) is 6.04 Å². The summed E-state index contributed by atoms with van der Waals surface area (Å²) in [4.78, 5) is 18.5. The highest BCUT2D eigenvalue weighted by Crippen LogP contribution is 2.26. The van der Waals surface area contributed by atoms with Crippen LogP contribution in [0.2, 0.25) is 5.02 Å². The van der Waals surface area contributed by atoms with Crippen molar-refractivity contribution >= 4 is 41.3 Å². The Morgan fingerprint density at radius 2 is 2.33 bits per heavy atom. The fourth-order valence-electron chi connectivity index (χ4n) is 2.42. The van der Waals surface area contributed by atoms with Gasteiger partial charge in [0.25, 0.3) is 5.91 Å². The van der Waals surface area contributed by atoms with E-state index in [1.807, 2.05) is 29.2 Å². The molecule has 112 valence electrons. The van der Waals surface area contributed by atoms with Crippen LogP contribution < -0.4 is 5.32 Å². The van der Waals surface area contributed by atoms with Gasteiger partial charge in [-0.25, -0.2) is 4.98 Å². The van der Waals surface area contributed by atoms with E-state index in [1.165, 1.54) is 11.3 Å². The first-order chi connectivity index (χ1) is 9.75. The first-order valence-electron chi connectivity index (χ1n) is 6.41. The lowest BCUT2D eigenvalue weighted by molar-refractivity contribution is 0.0629. The average Bonchev–Trinajstić information content (AvgIpc) is 3.01. The molecule has 2 aromatic rings. The Morgan fingerprint density at radius 1 is 1.48 bits per heavy atom. The number of carbonyl (C=O) groups excluding carboxylic acids is 1. The second-order valence-electron chi connectivity index (χ2n) is 4.65. The van der Waals surface area contributed by atoms with E-state index in [0.29, 0.717) is 17.3 Å². The fraction of sp³-hybridized carbons (Fsp3) is 0.286. The molecule has 1 saturated heterocycles. The fourth-order valence-corrected chi connectivity index (χ4v) is 3.15. The highest BCUT2D eigenvalue weighted by Gasteiger charge is 2.29. The minimum absolute atomic E-state index is 0. The van der Waals surface area contributed by atoms with Gasteiger partial charge in [0.15, 0.2) is 0 Å². The predicted octanol–water partition coefficient (Wildman–Crippen LogP) is 3.01. The molecule has 2 heterocycles. The number of hydrogen-bond acceptors (Lipinski definition) is 4. The third-order valence-electron chi connectivity index (χ3n) is 3.39. The molecule has 1 aromatic heterocycles. The lowest BCUT2D eigenvalue weighted by Crippen LogP contribution is -2.48. The maximum absolute atomic E-state index is 12.5. The van der Waals surface area contributed by atoms with Crippen LogP contribution in [0, 0.1) is 0 Å². The number of nitrogens with one attached hydrogen (secondary N) is 1. The first kappa shape index (κ1) is 16.2. The summed E-state index contributed by atoms with van der Waals surface area (Å²) >= 11 is 7.49. The molecule has 0 radical (unpaired) electrons. The number of aromatic nitrogens is 1. The number of piperazine rings is 1. The normalized spacial score (nSPS) is 18.1. The summed E-state index contributed by atoms with van der Waals surface area (Å²) in [7, 11) is 0. The van der Waals surface area contributed by atoms with E-state index in [2.05, 4.69) is 10.3 Å². The summed E-state index contributed by atoms with van der Waals surface area (Å²) < 4.78 is 0. The summed E-state index contributed by atoms with van der Waals surface area (Å²) in [6.45, 7) is 2.21. The van der Waals surface area contributed by atoms with E-state index in [0.717, 1.165) is 18.7 Å². The Morgan fingerprint density at radius 3 is 3.05 bits per heavy atom. The molecule has 1 N–H and O–H groups in total. The van der Waals surface area contributed by atoms with Crippen LogP contribution in [-0.4, -0.2) is 35.4 Å². The maximum atomic E-state index is 12.5. The molecular formula is C14H15Cl2N3OS. The van der Waals surface area contributed by atoms with E-state index >= 15 is 0 Å². The second kappa shape index (κ2) is 7.22. The molecule has 7 heteroatoms. The molecular weight excluding hydrogens is 329 g/mol. The standard InChI is InChI=1S/C14H14ClN3OS.ClH/c15-11-3-1-2-10(6-11)13-7-16-4-5-18(13)14(19)12-8-20-9-17-12;/h1-3,6,8-9,13,16H,4-5,7H2;1H. The molecule has 1 fully saturated rings. The van der Waals surface area contributed by atoms with E-state index in [9.17, 15) is 4.79 Å². The Hall–Kier alpha value is -1.14. The van der Waals surface area contributed by atoms with Gasteiger partial charge >= 0.3 is 0 Å². The van der Waals surface area contributed by atoms with Crippen molar-refractivity contribution in [3.05, 3.63) is 51.4 Å². The molecule has 0 spiro atoms. The van der Waals surface area contributed by atoms with Crippen molar-refractivity contribution in [2.24, 2.45) is 0 Å². The lowest BCUT2D eigenvalue weighted by Gasteiger charge is -2.36. The minimum Gasteiger partial charge on any atom is -0.328 e. The van der Waals surface area contributed by atoms with E-state index in [-0.39, 0.29) is 24.4 Å². The molecule has 1 aromatic carbocycles. The highest BCUT2D eigenvalue weighted by atomic mass is 35.5. The smallest absolute Gasteiger partial charge is 0.273 e. The van der Waals surface area contributed by atoms with Gasteiger partial charge < -0.3 is 10.2 Å². The molecule has 0 saturated carbocycles. The van der Waals surface area contributed by atoms with Gasteiger partial charge in [-0.2, -0.15) is 0 Å². The van der Waals surface area contributed by atoms with Crippen molar-refractivity contribution < 1.29 is 4.79 Å². The van der Waals surface area contributed by atoms with Crippen molar-refractivity contribution in [1.82, 2.24) is 15.2 Å². The number of hydrogen-bond donors (Lipinski definition) is 1. The zero-order valence-electron chi connectivity index (χ0n) is 11.2. The van der Waals surface area contributed by atoms with Crippen LogP contribution in [0.4, 0.5) is 0 Å². The highest BCUT2D eigenvalue weighted by molar-refractivity contribution is 7.07. The SMILES string of the molecule is Cl.O=C(c1cscn1)N1CCNCC1c1cccc(Cl)c1. The molecule has 1 amide bonds. The van der Waals surface area contributed by atoms with Crippen LogP contribution in [0.3, 0.4) is 0 Å². The van der Waals surface area contributed by atoms with Gasteiger partial charge in [-0.1, -0.05) is 23.7 Å². The van der Waals surface area contributed by atoms with Gasteiger partial charge in [0.05, 0.1) is 11.6 Å². The molecule has 3 rings (SSSR count). The monoisotopic (exact) mass is 343 g/mol. The summed E-state index contributed by atoms with van der Waals surface area (Å²) in [6.07, 6.45) is 0. The Bertz CT molecular complexity index is 606. The summed E-state index contributed by atoms with van der Waals surface area (Å²) in [5.41, 5.74) is 3.25. The Labute approximate surface area is 138 Å². The number of rotatable bonds is 2. The third-order valence-corrected chi connectivity index (χ3v) is 4.21. The van der Waals surface area contributed by atoms with Crippen LogP contribution in [0.5, 0.6) is 0 Å². The van der Waals surface area contributed by atoms with Crippen LogP contribution >= 0.6 is 35.3 Å². The Balaban J connectivity index is 0.00000161. The first-order valence-corrected chi connectivity index (χ1v) is 7.73. The summed E-state index contributed by atoms with van der Waals surface area (Å²) in [5.74, 6) is -0.0160. The van der Waals surface area contributed by atoms with E-state index in [4.69, 9.17) is 11.6 Å². The van der Waals surface area contributed by atoms with Crippen molar-refractivity contribution in [2.75, 3.05) is 19.6 Å². The summed E-state index contributed by atoms with van der Waals surface area (Å²) in [6, 6.07) is 7.67. The van der Waals surface area contributed by atoms with Gasteiger partial charge in [-0.15, -0.1) is 23.7 Å². The summed E-state index contributed by atoms with van der Waals surface area (Å²) in [5, 5.41) is 5.81. The average molecular weight is 344 g/mol. The molecule has 21 heavy (non-hydrogen) atoms. The zero-order chi connectivity index (χ0) is 13.9. The van der Waals surface area contributed by atoms with Gasteiger partial charge in [0, 0.05) is 30.0 Å². The molecule has 1 unspecified atom stereocenters. The number of carbonyl (C=O) groups is 1. The van der Waals surface area contributed by atoms with Crippen LogP contribution in [-0.2, 0) is 0 Å². The van der Waals surface area contributed by atoms with Crippen molar-refractivity contribution in [3.63, 3.8) is 0 Å². The van der Waals surface area contributed by atoms with Crippen LogP contribution in [0.15, 0.2) is 35.2 Å². The van der Waals surface area contributed by atoms with Crippen molar-refractivity contribution in [3.8, 4) is 0 Å². The van der Waals surface area contributed by atoms with Gasteiger partial charge in [0.1, 0.15) is 5.69 Å². The van der Waals surface area contributed by atoms with Crippen LogP contribution in [0.1, 0.15) is 22.1 Å². The quantitative estimate of drug-likeness (QED) is 0.911. The molecule has 0 bridgehead atoms.